The summed E-state index contributed by atoms with van der Waals surface area (Å²) in [6.45, 7) is 0.877. The van der Waals surface area contributed by atoms with Gasteiger partial charge in [-0.25, -0.2) is 0 Å². The fraction of sp³-hybridized carbons (Fsp3) is 0.278. The minimum absolute atomic E-state index is 0.0692. The van der Waals surface area contributed by atoms with Gasteiger partial charge in [0.1, 0.15) is 6.17 Å². The number of nitrogens with zero attached hydrogens (tertiary/aromatic N) is 1. The Bertz CT molecular complexity index is 788. The highest BCUT2D eigenvalue weighted by molar-refractivity contribution is 6.03. The highest BCUT2D eigenvalue weighted by Crippen LogP contribution is 2.40. The number of hydrogen-bond donors (Lipinski definition) is 2. The molecule has 2 heterocycles. The van der Waals surface area contributed by atoms with Gasteiger partial charge in [-0.2, -0.15) is 0 Å². The van der Waals surface area contributed by atoms with Crippen LogP contribution >= 0.6 is 0 Å². The molecule has 0 saturated heterocycles. The fourth-order valence-corrected chi connectivity index (χ4v) is 3.55. The number of aryl methyl sites for hydroxylation is 1. The zero-order valence-corrected chi connectivity index (χ0v) is 12.9. The van der Waals surface area contributed by atoms with Gasteiger partial charge in [0.2, 0.25) is 0 Å². The molecule has 5 heteroatoms. The molecule has 2 aliphatic rings. The molecule has 4 rings (SSSR count). The maximum Gasteiger partial charge on any atom is 0.255 e. The van der Waals surface area contributed by atoms with E-state index in [1.807, 2.05) is 18.2 Å². The van der Waals surface area contributed by atoms with Crippen LogP contribution in [0.2, 0.25) is 0 Å². The largest absolute Gasteiger partial charge is 0.504 e. The quantitative estimate of drug-likeness (QED) is 0.895. The lowest BCUT2D eigenvalue weighted by molar-refractivity contribution is 0.0925. The summed E-state index contributed by atoms with van der Waals surface area (Å²) in [5, 5.41) is 13.1. The summed E-state index contributed by atoms with van der Waals surface area (Å²) in [4.78, 5) is 14.7. The topological polar surface area (TPSA) is 61.8 Å². The molecule has 0 spiro atoms. The molecule has 0 aromatic heterocycles. The van der Waals surface area contributed by atoms with Crippen LogP contribution < -0.4 is 15.0 Å². The van der Waals surface area contributed by atoms with Crippen molar-refractivity contribution in [2.24, 2.45) is 0 Å². The third-order valence-electron chi connectivity index (χ3n) is 4.59. The van der Waals surface area contributed by atoms with Crippen molar-refractivity contribution in [3.8, 4) is 11.5 Å². The number of ether oxygens (including phenoxy) is 1. The van der Waals surface area contributed by atoms with Gasteiger partial charge in [-0.05, 0) is 42.2 Å². The fourth-order valence-electron chi connectivity index (χ4n) is 3.55. The number of carbonyl (C=O) groups is 1. The van der Waals surface area contributed by atoms with Crippen LogP contribution in [0.15, 0.2) is 36.4 Å². The normalized spacial score (nSPS) is 19.1. The molecular weight excluding hydrogens is 292 g/mol. The summed E-state index contributed by atoms with van der Waals surface area (Å²) in [5.41, 5.74) is 3.82. The third-order valence-corrected chi connectivity index (χ3v) is 4.59. The number of phenolic OH excluding ortho intramolecular Hbond substituents is 1. The van der Waals surface area contributed by atoms with Gasteiger partial charge in [0.15, 0.2) is 11.5 Å². The summed E-state index contributed by atoms with van der Waals surface area (Å²) in [7, 11) is 1.52. The van der Waals surface area contributed by atoms with Gasteiger partial charge in [-0.15, -0.1) is 0 Å². The number of methoxy groups -OCH3 is 1. The molecule has 5 nitrogen and oxygen atoms in total. The van der Waals surface area contributed by atoms with Crippen LogP contribution in [0.4, 0.5) is 5.69 Å². The summed E-state index contributed by atoms with van der Waals surface area (Å²) in [6, 6.07) is 11.2. The van der Waals surface area contributed by atoms with E-state index in [-0.39, 0.29) is 17.8 Å². The SMILES string of the molecule is COc1ccc([C@@H]2NC(=O)c3cccc4c3N2CCC4)cc1O. The van der Waals surface area contributed by atoms with Gasteiger partial charge in [0.05, 0.1) is 18.4 Å². The smallest absolute Gasteiger partial charge is 0.255 e. The third kappa shape index (κ3) is 2.11. The van der Waals surface area contributed by atoms with Gasteiger partial charge in [-0.1, -0.05) is 18.2 Å². The molecule has 0 bridgehead atoms. The molecule has 0 saturated carbocycles. The first kappa shape index (κ1) is 13.9. The first-order valence-electron chi connectivity index (χ1n) is 7.75. The number of aromatic hydroxyl groups is 1. The minimum atomic E-state index is -0.270. The predicted octanol–water partition coefficient (Wildman–Crippen LogP) is 2.60. The van der Waals surface area contributed by atoms with Crippen LogP contribution in [0.5, 0.6) is 11.5 Å². The molecule has 0 radical (unpaired) electrons. The first-order chi connectivity index (χ1) is 11.2. The summed E-state index contributed by atoms with van der Waals surface area (Å²) >= 11 is 0. The Morgan fingerprint density at radius 1 is 1.30 bits per heavy atom. The second-order valence-corrected chi connectivity index (χ2v) is 5.92. The van der Waals surface area contributed by atoms with Gasteiger partial charge in [-0.3, -0.25) is 4.79 Å². The number of hydrogen-bond acceptors (Lipinski definition) is 4. The highest BCUT2D eigenvalue weighted by atomic mass is 16.5. The monoisotopic (exact) mass is 310 g/mol. The summed E-state index contributed by atoms with van der Waals surface area (Å²) < 4.78 is 5.10. The Hall–Kier alpha value is -2.69. The van der Waals surface area contributed by atoms with E-state index in [0.29, 0.717) is 5.75 Å². The Morgan fingerprint density at radius 2 is 2.17 bits per heavy atom. The van der Waals surface area contributed by atoms with E-state index in [0.717, 1.165) is 36.2 Å². The second kappa shape index (κ2) is 5.19. The maximum atomic E-state index is 12.5. The number of phenols is 1. The van der Waals surface area contributed by atoms with Crippen LogP contribution in [0.25, 0.3) is 0 Å². The predicted molar refractivity (Wildman–Crippen MR) is 87.0 cm³/mol. The van der Waals surface area contributed by atoms with Crippen molar-refractivity contribution < 1.29 is 14.6 Å². The van der Waals surface area contributed by atoms with Crippen molar-refractivity contribution in [3.63, 3.8) is 0 Å². The van der Waals surface area contributed by atoms with Gasteiger partial charge in [0.25, 0.3) is 5.91 Å². The highest BCUT2D eigenvalue weighted by Gasteiger charge is 2.35. The van der Waals surface area contributed by atoms with Crippen molar-refractivity contribution in [1.29, 1.82) is 0 Å². The van der Waals surface area contributed by atoms with E-state index >= 15 is 0 Å². The minimum Gasteiger partial charge on any atom is -0.504 e. The van der Waals surface area contributed by atoms with Crippen molar-refractivity contribution >= 4 is 11.6 Å². The Balaban J connectivity index is 1.81. The molecule has 0 aliphatic carbocycles. The number of amides is 1. The lowest BCUT2D eigenvalue weighted by Gasteiger charge is -2.42. The van der Waals surface area contributed by atoms with Crippen LogP contribution in [0.1, 0.15) is 34.1 Å². The number of carbonyl (C=O) groups excluding carboxylic acids is 1. The number of rotatable bonds is 2. The number of nitrogens with one attached hydrogen (secondary N) is 1. The van der Waals surface area contributed by atoms with E-state index in [9.17, 15) is 9.90 Å². The average molecular weight is 310 g/mol. The molecule has 2 aliphatic heterocycles. The Kier molecular flexibility index (Phi) is 3.15. The van der Waals surface area contributed by atoms with E-state index in [1.54, 1.807) is 12.1 Å². The lowest BCUT2D eigenvalue weighted by Crippen LogP contribution is -2.48. The van der Waals surface area contributed by atoms with Crippen LogP contribution in [-0.4, -0.2) is 24.7 Å². The zero-order chi connectivity index (χ0) is 16.0. The summed E-state index contributed by atoms with van der Waals surface area (Å²) in [5.74, 6) is 0.436. The molecule has 1 amide bonds. The van der Waals surface area contributed by atoms with Crippen LogP contribution in [-0.2, 0) is 6.42 Å². The Morgan fingerprint density at radius 3 is 2.96 bits per heavy atom. The van der Waals surface area contributed by atoms with Crippen molar-refractivity contribution in [1.82, 2.24) is 5.32 Å². The first-order valence-corrected chi connectivity index (χ1v) is 7.75. The number of benzene rings is 2. The maximum absolute atomic E-state index is 12.5. The molecule has 1 atom stereocenters. The number of para-hydroxylation sites is 1. The van der Waals surface area contributed by atoms with Crippen LogP contribution in [0.3, 0.4) is 0 Å². The van der Waals surface area contributed by atoms with Crippen molar-refractivity contribution in [3.05, 3.63) is 53.1 Å². The molecule has 2 aromatic rings. The molecular formula is C18H18N2O3. The van der Waals surface area contributed by atoms with E-state index < -0.39 is 0 Å². The van der Waals surface area contributed by atoms with Crippen molar-refractivity contribution in [2.75, 3.05) is 18.6 Å². The number of anilines is 1. The van der Waals surface area contributed by atoms with Gasteiger partial charge < -0.3 is 20.1 Å². The summed E-state index contributed by atoms with van der Waals surface area (Å²) in [6.07, 6.45) is 1.77. The molecule has 23 heavy (non-hydrogen) atoms. The van der Waals surface area contributed by atoms with E-state index in [1.165, 1.54) is 12.7 Å². The molecule has 118 valence electrons. The standard InChI is InChI=1S/C18H18N2O3/c1-23-15-8-7-12(10-14(15)21)17-19-18(22)13-6-2-4-11-5-3-9-20(17)16(11)13/h2,4,6-8,10,17,21H,3,5,9H2,1H3,(H,19,22)/t17-/m1/s1. The van der Waals surface area contributed by atoms with Crippen LogP contribution in [0, 0.1) is 0 Å². The molecule has 2 N–H and O–H groups in total. The molecule has 0 unspecified atom stereocenters. The second-order valence-electron chi connectivity index (χ2n) is 5.92. The lowest BCUT2D eigenvalue weighted by atomic mass is 9.93. The van der Waals surface area contributed by atoms with E-state index in [4.69, 9.17) is 4.74 Å². The van der Waals surface area contributed by atoms with Gasteiger partial charge in [0, 0.05) is 6.54 Å². The average Bonchev–Trinajstić information content (AvgIpc) is 2.58. The Labute approximate surface area is 134 Å². The van der Waals surface area contributed by atoms with Crippen molar-refractivity contribution in [2.45, 2.75) is 19.0 Å². The molecule has 0 fully saturated rings. The van der Waals surface area contributed by atoms with E-state index in [2.05, 4.69) is 16.3 Å². The zero-order valence-electron chi connectivity index (χ0n) is 12.9. The van der Waals surface area contributed by atoms with Gasteiger partial charge >= 0.3 is 0 Å². The molecule has 2 aromatic carbocycles.